The van der Waals surface area contributed by atoms with E-state index < -0.39 is 8.07 Å². The summed E-state index contributed by atoms with van der Waals surface area (Å²) in [6.07, 6.45) is 10.1. The van der Waals surface area contributed by atoms with Crippen molar-refractivity contribution in [1.29, 1.82) is 0 Å². The fourth-order valence-corrected chi connectivity index (χ4v) is 3.53. The average molecular weight is 333 g/mol. The number of unbranched alkanes of at least 4 members (excludes halogenated alkanes) is 2. The number of hydrogen-bond acceptors (Lipinski definition) is 3. The zero-order valence-electron chi connectivity index (χ0n) is 14.9. The summed E-state index contributed by atoms with van der Waals surface area (Å²) in [6.45, 7) is 6.99. The van der Waals surface area contributed by atoms with Crippen LogP contribution in [0.25, 0.3) is 6.08 Å². The highest BCUT2D eigenvalue weighted by Crippen LogP contribution is 2.25. The molecule has 1 aromatic rings. The quantitative estimate of drug-likeness (QED) is 0.279. The van der Waals surface area contributed by atoms with Gasteiger partial charge in [0.05, 0.1) is 22.3 Å². The van der Waals surface area contributed by atoms with Gasteiger partial charge in [0.1, 0.15) is 17.8 Å². The lowest BCUT2D eigenvalue weighted by Crippen LogP contribution is -2.22. The predicted molar refractivity (Wildman–Crippen MR) is 99.9 cm³/mol. The number of aldehydes is 1. The standard InChI is InChI=1S/C19H28O3Si/c1-21-17-13-16(14-18(15-17)22-2)10-11-19(23(3,4)5)9-7-6-8-12-20/h9-15H,6-8H2,1-5H3/b11-10+,19-9-. The van der Waals surface area contributed by atoms with Crippen molar-refractivity contribution < 1.29 is 14.3 Å². The van der Waals surface area contributed by atoms with E-state index in [0.29, 0.717) is 6.42 Å². The minimum Gasteiger partial charge on any atom is -0.497 e. The van der Waals surface area contributed by atoms with E-state index in [-0.39, 0.29) is 0 Å². The Bertz CT molecular complexity index is 546. The van der Waals surface area contributed by atoms with Gasteiger partial charge in [-0.15, -0.1) is 0 Å². The van der Waals surface area contributed by atoms with Gasteiger partial charge >= 0.3 is 0 Å². The summed E-state index contributed by atoms with van der Waals surface area (Å²) in [4.78, 5) is 10.4. The van der Waals surface area contributed by atoms with Crippen molar-refractivity contribution in [3.63, 3.8) is 0 Å². The van der Waals surface area contributed by atoms with Gasteiger partial charge in [-0.1, -0.05) is 43.1 Å². The molecule has 0 heterocycles. The van der Waals surface area contributed by atoms with Crippen molar-refractivity contribution in [1.82, 2.24) is 0 Å². The lowest BCUT2D eigenvalue weighted by atomic mass is 10.1. The molecule has 0 bridgehead atoms. The normalized spacial score (nSPS) is 12.5. The number of carbonyl (C=O) groups is 1. The molecule has 0 radical (unpaired) electrons. The first-order valence-corrected chi connectivity index (χ1v) is 11.5. The molecule has 0 fully saturated rings. The number of methoxy groups -OCH3 is 2. The van der Waals surface area contributed by atoms with Gasteiger partial charge in [0, 0.05) is 12.5 Å². The molecule has 0 spiro atoms. The molecule has 0 aromatic heterocycles. The minimum absolute atomic E-state index is 0.631. The lowest BCUT2D eigenvalue weighted by Gasteiger charge is -2.18. The second kappa shape index (κ2) is 9.35. The fourth-order valence-electron chi connectivity index (χ4n) is 2.19. The number of hydrogen-bond donors (Lipinski definition) is 0. The number of benzene rings is 1. The summed E-state index contributed by atoms with van der Waals surface area (Å²) < 4.78 is 10.6. The highest BCUT2D eigenvalue weighted by atomic mass is 28.3. The van der Waals surface area contributed by atoms with E-state index in [1.54, 1.807) is 14.2 Å². The van der Waals surface area contributed by atoms with E-state index >= 15 is 0 Å². The average Bonchev–Trinajstić information content (AvgIpc) is 2.52. The third-order valence-electron chi connectivity index (χ3n) is 3.59. The lowest BCUT2D eigenvalue weighted by molar-refractivity contribution is -0.107. The third-order valence-corrected chi connectivity index (χ3v) is 5.69. The minimum atomic E-state index is -1.42. The summed E-state index contributed by atoms with van der Waals surface area (Å²) in [5.41, 5.74) is 1.05. The van der Waals surface area contributed by atoms with Crippen molar-refractivity contribution in [2.45, 2.75) is 38.9 Å². The zero-order valence-corrected chi connectivity index (χ0v) is 15.9. The van der Waals surface area contributed by atoms with Gasteiger partial charge in [-0.05, 0) is 30.5 Å². The summed E-state index contributed by atoms with van der Waals surface area (Å²) >= 11 is 0. The molecule has 0 N–H and O–H groups in total. The molecule has 1 aromatic carbocycles. The molecule has 126 valence electrons. The molecule has 0 unspecified atom stereocenters. The highest BCUT2D eigenvalue weighted by Gasteiger charge is 2.16. The van der Waals surface area contributed by atoms with Crippen molar-refractivity contribution in [3.05, 3.63) is 41.1 Å². The van der Waals surface area contributed by atoms with E-state index in [1.165, 1.54) is 5.20 Å². The molecule has 0 aliphatic rings. The van der Waals surface area contributed by atoms with Gasteiger partial charge in [-0.2, -0.15) is 0 Å². The second-order valence-corrected chi connectivity index (χ2v) is 11.6. The maximum absolute atomic E-state index is 10.4. The van der Waals surface area contributed by atoms with Crippen LogP contribution in [-0.4, -0.2) is 28.6 Å². The van der Waals surface area contributed by atoms with Crippen LogP contribution in [-0.2, 0) is 4.79 Å². The van der Waals surface area contributed by atoms with Gasteiger partial charge in [-0.25, -0.2) is 0 Å². The van der Waals surface area contributed by atoms with Crippen LogP contribution in [0.1, 0.15) is 24.8 Å². The largest absolute Gasteiger partial charge is 0.497 e. The fraction of sp³-hybridized carbons (Fsp3) is 0.421. The van der Waals surface area contributed by atoms with Crippen molar-refractivity contribution in [3.8, 4) is 11.5 Å². The summed E-state index contributed by atoms with van der Waals surface area (Å²) in [5.74, 6) is 1.57. The van der Waals surface area contributed by atoms with E-state index in [0.717, 1.165) is 36.2 Å². The van der Waals surface area contributed by atoms with Crippen LogP contribution >= 0.6 is 0 Å². The monoisotopic (exact) mass is 332 g/mol. The van der Waals surface area contributed by atoms with Crippen molar-refractivity contribution >= 4 is 20.4 Å². The second-order valence-electron chi connectivity index (χ2n) is 6.49. The molecule has 0 saturated carbocycles. The molecule has 0 aliphatic heterocycles. The Morgan fingerprint density at radius 1 is 1.04 bits per heavy atom. The van der Waals surface area contributed by atoms with Gasteiger partial charge in [0.2, 0.25) is 0 Å². The van der Waals surface area contributed by atoms with Crippen LogP contribution < -0.4 is 9.47 Å². The number of rotatable bonds is 9. The zero-order chi connectivity index (χ0) is 17.3. The van der Waals surface area contributed by atoms with Crippen molar-refractivity contribution in [2.75, 3.05) is 14.2 Å². The maximum atomic E-state index is 10.4. The van der Waals surface area contributed by atoms with Gasteiger partial charge in [-0.3, -0.25) is 0 Å². The van der Waals surface area contributed by atoms with Gasteiger partial charge in [0.25, 0.3) is 0 Å². The molecule has 0 aliphatic carbocycles. The first kappa shape index (κ1) is 19.2. The Morgan fingerprint density at radius 3 is 2.13 bits per heavy atom. The Labute approximate surface area is 141 Å². The Morgan fingerprint density at radius 2 is 1.65 bits per heavy atom. The van der Waals surface area contributed by atoms with Crippen molar-refractivity contribution in [2.24, 2.45) is 0 Å². The Kier molecular flexibility index (Phi) is 7.82. The molecule has 3 nitrogen and oxygen atoms in total. The van der Waals surface area contributed by atoms with E-state index in [4.69, 9.17) is 9.47 Å². The Hall–Kier alpha value is -1.81. The van der Waals surface area contributed by atoms with Crippen LogP contribution in [0.5, 0.6) is 11.5 Å². The number of ether oxygens (including phenoxy) is 2. The molecule has 0 amide bonds. The van der Waals surface area contributed by atoms with Crippen LogP contribution in [0.2, 0.25) is 19.6 Å². The molecule has 0 atom stereocenters. The first-order chi connectivity index (χ1) is 10.9. The summed E-state index contributed by atoms with van der Waals surface area (Å²) in [6, 6.07) is 5.85. The predicted octanol–water partition coefficient (Wildman–Crippen LogP) is 4.89. The first-order valence-electron chi connectivity index (χ1n) is 7.96. The van der Waals surface area contributed by atoms with Crippen LogP contribution in [0, 0.1) is 0 Å². The molecular formula is C19H28O3Si. The third kappa shape index (κ3) is 6.87. The molecule has 1 rings (SSSR count). The molecule has 23 heavy (non-hydrogen) atoms. The van der Waals surface area contributed by atoms with E-state index in [1.807, 2.05) is 18.2 Å². The summed E-state index contributed by atoms with van der Waals surface area (Å²) in [5, 5.41) is 1.39. The van der Waals surface area contributed by atoms with Crippen LogP contribution in [0.3, 0.4) is 0 Å². The van der Waals surface area contributed by atoms with Gasteiger partial charge < -0.3 is 14.3 Å². The number of carbonyl (C=O) groups excluding carboxylic acids is 1. The summed E-state index contributed by atoms with van der Waals surface area (Å²) in [7, 11) is 1.89. The maximum Gasteiger partial charge on any atom is 0.123 e. The Balaban J connectivity index is 2.98. The van der Waals surface area contributed by atoms with E-state index in [2.05, 4.69) is 37.9 Å². The highest BCUT2D eigenvalue weighted by molar-refractivity contribution is 6.83. The van der Waals surface area contributed by atoms with E-state index in [9.17, 15) is 4.79 Å². The smallest absolute Gasteiger partial charge is 0.123 e. The van der Waals surface area contributed by atoms with Gasteiger partial charge in [0.15, 0.2) is 0 Å². The molecular weight excluding hydrogens is 304 g/mol. The molecule has 4 heteroatoms. The van der Waals surface area contributed by atoms with Crippen LogP contribution in [0.4, 0.5) is 0 Å². The SMILES string of the molecule is COc1cc(/C=C/C(=C/CCCC=O)[Si](C)(C)C)cc(OC)c1. The molecule has 0 saturated heterocycles. The number of allylic oxidation sites excluding steroid dienone is 3. The van der Waals surface area contributed by atoms with Crippen LogP contribution in [0.15, 0.2) is 35.5 Å². The topological polar surface area (TPSA) is 35.5 Å².